The molecular weight excluding hydrogens is 283 g/mol. The lowest BCUT2D eigenvalue weighted by Gasteiger charge is -2.16. The van der Waals surface area contributed by atoms with Crippen LogP contribution in [-0.2, 0) is 19.1 Å². The van der Waals surface area contributed by atoms with Crippen LogP contribution in [0.3, 0.4) is 0 Å². The van der Waals surface area contributed by atoms with E-state index in [1.54, 1.807) is 6.20 Å². The van der Waals surface area contributed by atoms with Gasteiger partial charge in [-0.05, 0) is 31.4 Å². The predicted octanol–water partition coefficient (Wildman–Crippen LogP) is 3.31. The van der Waals surface area contributed by atoms with Gasteiger partial charge in [0.1, 0.15) is 5.69 Å². The van der Waals surface area contributed by atoms with E-state index in [4.69, 9.17) is 4.74 Å². The summed E-state index contributed by atoms with van der Waals surface area (Å²) in [5.74, 6) is -0.0220. The highest BCUT2D eigenvalue weighted by atomic mass is 19.4. The van der Waals surface area contributed by atoms with Crippen molar-refractivity contribution < 1.29 is 17.9 Å². The zero-order valence-corrected chi connectivity index (χ0v) is 11.4. The molecule has 0 amide bonds. The van der Waals surface area contributed by atoms with Gasteiger partial charge in [-0.3, -0.25) is 4.68 Å². The number of hydrogen-bond acceptors (Lipinski definition) is 3. The van der Waals surface area contributed by atoms with Crippen LogP contribution in [-0.4, -0.2) is 21.9 Å². The minimum absolute atomic E-state index is 0.0220. The number of nitrogens with zero attached hydrogens (tertiary/aromatic N) is 3. The second-order valence-electron chi connectivity index (χ2n) is 4.94. The standard InChI is InChI=1S/C14H14F3N3O/c1-21-13-9(5-6-12(19-13)14(15,16)17)10-8-18-20-7-3-2-4-11(10)20/h5-6,8H,2-4,7H2,1H3. The van der Waals surface area contributed by atoms with Gasteiger partial charge in [0.2, 0.25) is 5.88 Å². The third-order valence-corrected chi connectivity index (χ3v) is 3.62. The summed E-state index contributed by atoms with van der Waals surface area (Å²) in [6, 6.07) is 2.38. The zero-order chi connectivity index (χ0) is 15.0. The van der Waals surface area contributed by atoms with Crippen LogP contribution in [0.1, 0.15) is 24.2 Å². The number of hydrogen-bond donors (Lipinski definition) is 0. The van der Waals surface area contributed by atoms with Crippen LogP contribution in [0.5, 0.6) is 5.88 Å². The Morgan fingerprint density at radius 1 is 1.19 bits per heavy atom. The maximum absolute atomic E-state index is 12.7. The largest absolute Gasteiger partial charge is 0.481 e. The Morgan fingerprint density at radius 2 is 2.00 bits per heavy atom. The number of alkyl halides is 3. The zero-order valence-electron chi connectivity index (χ0n) is 11.4. The van der Waals surface area contributed by atoms with Crippen molar-refractivity contribution in [1.82, 2.24) is 14.8 Å². The van der Waals surface area contributed by atoms with Gasteiger partial charge in [-0.2, -0.15) is 18.3 Å². The number of methoxy groups -OCH3 is 1. The first kappa shape index (κ1) is 13.9. The summed E-state index contributed by atoms with van der Waals surface area (Å²) in [7, 11) is 1.32. The number of halogens is 3. The number of aryl methyl sites for hydroxylation is 1. The molecule has 3 heterocycles. The SMILES string of the molecule is COc1nc(C(F)(F)F)ccc1-c1cnn2c1CCCC2. The monoisotopic (exact) mass is 297 g/mol. The molecule has 0 spiro atoms. The summed E-state index contributed by atoms with van der Waals surface area (Å²) < 4.78 is 45.1. The first-order valence-corrected chi connectivity index (χ1v) is 6.68. The fourth-order valence-electron chi connectivity index (χ4n) is 2.61. The number of fused-ring (bicyclic) bond motifs is 1. The van der Waals surface area contributed by atoms with Crippen molar-refractivity contribution in [1.29, 1.82) is 0 Å². The molecule has 0 saturated carbocycles. The van der Waals surface area contributed by atoms with Crippen LogP contribution in [0.2, 0.25) is 0 Å². The van der Waals surface area contributed by atoms with Crippen molar-refractivity contribution in [3.8, 4) is 17.0 Å². The minimum atomic E-state index is -4.48. The summed E-state index contributed by atoms with van der Waals surface area (Å²) in [4.78, 5) is 3.58. The quantitative estimate of drug-likeness (QED) is 0.854. The fraction of sp³-hybridized carbons (Fsp3) is 0.429. The number of pyridine rings is 1. The minimum Gasteiger partial charge on any atom is -0.481 e. The molecule has 0 saturated heterocycles. The van der Waals surface area contributed by atoms with E-state index in [1.165, 1.54) is 13.2 Å². The third-order valence-electron chi connectivity index (χ3n) is 3.62. The van der Waals surface area contributed by atoms with E-state index in [9.17, 15) is 13.2 Å². The van der Waals surface area contributed by atoms with Crippen molar-refractivity contribution in [2.45, 2.75) is 32.0 Å². The van der Waals surface area contributed by atoms with Gasteiger partial charge in [0, 0.05) is 23.4 Å². The highest BCUT2D eigenvalue weighted by Crippen LogP contribution is 2.36. The van der Waals surface area contributed by atoms with Crippen molar-refractivity contribution in [2.24, 2.45) is 0 Å². The lowest BCUT2D eigenvalue weighted by atomic mass is 10.0. The molecule has 1 aliphatic heterocycles. The van der Waals surface area contributed by atoms with E-state index in [0.29, 0.717) is 5.56 Å². The number of rotatable bonds is 2. The summed E-state index contributed by atoms with van der Waals surface area (Å²) in [5.41, 5.74) is 1.42. The van der Waals surface area contributed by atoms with Crippen molar-refractivity contribution >= 4 is 0 Å². The van der Waals surface area contributed by atoms with Crippen LogP contribution in [0, 0.1) is 0 Å². The highest BCUT2D eigenvalue weighted by Gasteiger charge is 2.33. The fourth-order valence-corrected chi connectivity index (χ4v) is 2.61. The molecule has 0 radical (unpaired) electrons. The molecule has 0 aromatic carbocycles. The van der Waals surface area contributed by atoms with E-state index in [-0.39, 0.29) is 5.88 Å². The molecule has 4 nitrogen and oxygen atoms in total. The average Bonchev–Trinajstić information content (AvgIpc) is 2.89. The van der Waals surface area contributed by atoms with Crippen LogP contribution in [0.4, 0.5) is 13.2 Å². The lowest BCUT2D eigenvalue weighted by Crippen LogP contribution is -2.12. The van der Waals surface area contributed by atoms with Gasteiger partial charge >= 0.3 is 6.18 Å². The summed E-state index contributed by atoms with van der Waals surface area (Å²) in [6.45, 7) is 0.839. The Bertz CT molecular complexity index is 664. The van der Waals surface area contributed by atoms with Crippen molar-refractivity contribution in [3.63, 3.8) is 0 Å². The number of aromatic nitrogens is 3. The van der Waals surface area contributed by atoms with Crippen molar-refractivity contribution in [3.05, 3.63) is 29.7 Å². The average molecular weight is 297 g/mol. The second kappa shape index (κ2) is 5.05. The van der Waals surface area contributed by atoms with E-state index in [1.807, 2.05) is 4.68 Å². The Hall–Kier alpha value is -2.05. The molecule has 0 fully saturated rings. The van der Waals surface area contributed by atoms with Crippen LogP contribution in [0.25, 0.3) is 11.1 Å². The molecule has 0 atom stereocenters. The van der Waals surface area contributed by atoms with Gasteiger partial charge in [0.25, 0.3) is 0 Å². The Labute approximate surface area is 119 Å². The first-order chi connectivity index (χ1) is 10.0. The van der Waals surface area contributed by atoms with Crippen molar-refractivity contribution in [2.75, 3.05) is 7.11 Å². The molecule has 112 valence electrons. The van der Waals surface area contributed by atoms with Gasteiger partial charge in [-0.25, -0.2) is 4.98 Å². The first-order valence-electron chi connectivity index (χ1n) is 6.68. The molecule has 0 bridgehead atoms. The molecule has 2 aromatic heterocycles. The van der Waals surface area contributed by atoms with Gasteiger partial charge < -0.3 is 4.74 Å². The number of ether oxygens (including phenoxy) is 1. The van der Waals surface area contributed by atoms with Gasteiger partial charge in [-0.15, -0.1) is 0 Å². The van der Waals surface area contributed by atoms with Gasteiger partial charge in [-0.1, -0.05) is 0 Å². The highest BCUT2D eigenvalue weighted by molar-refractivity contribution is 5.70. The van der Waals surface area contributed by atoms with E-state index < -0.39 is 11.9 Å². The van der Waals surface area contributed by atoms with Crippen LogP contribution < -0.4 is 4.74 Å². The normalized spacial score (nSPS) is 14.9. The second-order valence-corrected chi connectivity index (χ2v) is 4.94. The predicted molar refractivity (Wildman–Crippen MR) is 70.0 cm³/mol. The van der Waals surface area contributed by atoms with E-state index >= 15 is 0 Å². The molecule has 2 aromatic rings. The Morgan fingerprint density at radius 3 is 2.71 bits per heavy atom. The summed E-state index contributed by atoms with van der Waals surface area (Å²) >= 11 is 0. The van der Waals surface area contributed by atoms with Crippen LogP contribution in [0.15, 0.2) is 18.3 Å². The molecule has 3 rings (SSSR count). The smallest absolute Gasteiger partial charge is 0.433 e. The van der Waals surface area contributed by atoms with Gasteiger partial charge in [0.15, 0.2) is 0 Å². The molecule has 0 N–H and O–H groups in total. The van der Waals surface area contributed by atoms with Gasteiger partial charge in [0.05, 0.1) is 13.3 Å². The van der Waals surface area contributed by atoms with E-state index in [2.05, 4.69) is 10.1 Å². The third kappa shape index (κ3) is 2.48. The molecule has 21 heavy (non-hydrogen) atoms. The lowest BCUT2D eigenvalue weighted by molar-refractivity contribution is -0.141. The Kier molecular flexibility index (Phi) is 3.35. The maximum Gasteiger partial charge on any atom is 0.433 e. The Balaban J connectivity index is 2.08. The molecule has 0 aliphatic carbocycles. The maximum atomic E-state index is 12.7. The molecular formula is C14H14F3N3O. The summed E-state index contributed by atoms with van der Waals surface area (Å²) in [6.07, 6.45) is 0.169. The molecule has 7 heteroatoms. The van der Waals surface area contributed by atoms with Crippen LogP contribution >= 0.6 is 0 Å². The molecule has 0 unspecified atom stereocenters. The van der Waals surface area contributed by atoms with E-state index in [0.717, 1.165) is 43.1 Å². The summed E-state index contributed by atoms with van der Waals surface area (Å²) in [5, 5.41) is 4.29. The molecule has 1 aliphatic rings. The topological polar surface area (TPSA) is 39.9 Å².